The molecule has 0 saturated carbocycles. The molecule has 0 amide bonds. The summed E-state index contributed by atoms with van der Waals surface area (Å²) >= 11 is 0. The summed E-state index contributed by atoms with van der Waals surface area (Å²) in [5.41, 5.74) is 7.64. The molecule has 6 nitrogen and oxygen atoms in total. The maximum atomic E-state index is 5.84. The molecule has 0 fully saturated rings. The molecule has 1 aromatic heterocycles. The van der Waals surface area contributed by atoms with Gasteiger partial charge < -0.3 is 15.8 Å². The third kappa shape index (κ3) is 3.48. The molecule has 0 spiro atoms. The topological polar surface area (TPSA) is 77.5 Å². The fourth-order valence-electron chi connectivity index (χ4n) is 1.66. The molecule has 0 saturated heterocycles. The number of rotatable bonds is 4. The van der Waals surface area contributed by atoms with Gasteiger partial charge in [-0.3, -0.25) is 4.68 Å². The molecule has 2 rings (SSSR count). The number of nitrogens with one attached hydrogen (secondary N) is 1. The number of methoxy groups -OCH3 is 1. The van der Waals surface area contributed by atoms with Gasteiger partial charge in [-0.05, 0) is 12.1 Å². The first-order valence-electron chi connectivity index (χ1n) is 5.86. The largest absolute Gasteiger partial charge is 0.495 e. The lowest BCUT2D eigenvalue weighted by atomic mass is 10.3. The minimum atomic E-state index is 0.341. The maximum Gasteiger partial charge on any atom is 0.193 e. The van der Waals surface area contributed by atoms with Crippen LogP contribution in [-0.2, 0) is 13.6 Å². The molecule has 1 heterocycles. The summed E-state index contributed by atoms with van der Waals surface area (Å²) in [4.78, 5) is 4.25. The SMILES string of the molecule is COc1ccccc1NC(N)=NCc1cnn(C)c1. The predicted octanol–water partition coefficient (Wildman–Crippen LogP) is 1.36. The van der Waals surface area contributed by atoms with Gasteiger partial charge in [-0.2, -0.15) is 5.10 Å². The number of anilines is 1. The van der Waals surface area contributed by atoms with Crippen LogP contribution in [0.2, 0.25) is 0 Å². The Kier molecular flexibility index (Phi) is 4.02. The summed E-state index contributed by atoms with van der Waals surface area (Å²) < 4.78 is 6.96. The molecule has 0 bridgehead atoms. The third-order valence-electron chi connectivity index (χ3n) is 2.56. The van der Waals surface area contributed by atoms with E-state index in [0.717, 1.165) is 17.0 Å². The van der Waals surface area contributed by atoms with Crippen molar-refractivity contribution in [2.75, 3.05) is 12.4 Å². The number of nitrogens with two attached hydrogens (primary N) is 1. The third-order valence-corrected chi connectivity index (χ3v) is 2.56. The number of nitrogens with zero attached hydrogens (tertiary/aromatic N) is 3. The van der Waals surface area contributed by atoms with E-state index in [-0.39, 0.29) is 0 Å². The smallest absolute Gasteiger partial charge is 0.193 e. The highest BCUT2D eigenvalue weighted by Crippen LogP contribution is 2.22. The van der Waals surface area contributed by atoms with E-state index in [2.05, 4.69) is 15.4 Å². The summed E-state index contributed by atoms with van der Waals surface area (Å²) in [6.07, 6.45) is 3.67. The molecule has 19 heavy (non-hydrogen) atoms. The number of aromatic nitrogens is 2. The molecule has 1 aromatic carbocycles. The van der Waals surface area contributed by atoms with Crippen molar-refractivity contribution in [3.05, 3.63) is 42.2 Å². The van der Waals surface area contributed by atoms with Crippen molar-refractivity contribution >= 4 is 11.6 Å². The zero-order valence-corrected chi connectivity index (χ0v) is 11.0. The van der Waals surface area contributed by atoms with Crippen molar-refractivity contribution in [2.45, 2.75) is 6.54 Å². The number of benzene rings is 1. The first-order chi connectivity index (χ1) is 9.19. The highest BCUT2D eigenvalue weighted by Gasteiger charge is 2.02. The molecule has 0 radical (unpaired) electrons. The van der Waals surface area contributed by atoms with Gasteiger partial charge in [-0.15, -0.1) is 0 Å². The predicted molar refractivity (Wildman–Crippen MR) is 75.2 cm³/mol. The molecular formula is C13H17N5O. The lowest BCUT2D eigenvalue weighted by molar-refractivity contribution is 0.417. The second-order valence-electron chi connectivity index (χ2n) is 4.05. The molecule has 0 aliphatic heterocycles. The Labute approximate surface area is 111 Å². The van der Waals surface area contributed by atoms with E-state index >= 15 is 0 Å². The Bertz CT molecular complexity index is 576. The minimum absolute atomic E-state index is 0.341. The monoisotopic (exact) mass is 259 g/mol. The standard InChI is InChI=1S/C13H17N5O/c1-18-9-10(8-16-18)7-15-13(14)17-11-5-3-4-6-12(11)19-2/h3-6,8-9H,7H2,1-2H3,(H3,14,15,17). The zero-order valence-electron chi connectivity index (χ0n) is 11.0. The fourth-order valence-corrected chi connectivity index (χ4v) is 1.66. The average molecular weight is 259 g/mol. The normalized spacial score (nSPS) is 11.4. The van der Waals surface area contributed by atoms with Gasteiger partial charge in [0.15, 0.2) is 5.96 Å². The molecule has 2 aromatic rings. The van der Waals surface area contributed by atoms with Crippen LogP contribution in [0.5, 0.6) is 5.75 Å². The van der Waals surface area contributed by atoms with Crippen LogP contribution in [0, 0.1) is 0 Å². The van der Waals surface area contributed by atoms with Gasteiger partial charge in [0, 0.05) is 18.8 Å². The molecule has 0 atom stereocenters. The van der Waals surface area contributed by atoms with E-state index in [1.54, 1.807) is 18.0 Å². The number of hydrogen-bond donors (Lipinski definition) is 2. The molecule has 0 unspecified atom stereocenters. The Hall–Kier alpha value is -2.50. The lowest BCUT2D eigenvalue weighted by Gasteiger charge is -2.09. The van der Waals surface area contributed by atoms with Crippen LogP contribution in [0.25, 0.3) is 0 Å². The van der Waals surface area contributed by atoms with Crippen molar-refractivity contribution in [3.8, 4) is 5.75 Å². The average Bonchev–Trinajstić information content (AvgIpc) is 2.83. The van der Waals surface area contributed by atoms with Gasteiger partial charge in [0.25, 0.3) is 0 Å². The first kappa shape index (κ1) is 12.9. The molecular weight excluding hydrogens is 242 g/mol. The lowest BCUT2D eigenvalue weighted by Crippen LogP contribution is -2.22. The van der Waals surface area contributed by atoms with Gasteiger partial charge in [-0.25, -0.2) is 4.99 Å². The fraction of sp³-hybridized carbons (Fsp3) is 0.231. The summed E-state index contributed by atoms with van der Waals surface area (Å²) in [5, 5.41) is 7.09. The van der Waals surface area contributed by atoms with E-state index in [0.29, 0.717) is 12.5 Å². The quantitative estimate of drug-likeness (QED) is 0.642. The Balaban J connectivity index is 2.02. The van der Waals surface area contributed by atoms with Gasteiger partial charge >= 0.3 is 0 Å². The summed E-state index contributed by atoms with van der Waals surface area (Å²) in [6.45, 7) is 0.488. The van der Waals surface area contributed by atoms with Gasteiger partial charge in [-0.1, -0.05) is 12.1 Å². The maximum absolute atomic E-state index is 5.84. The van der Waals surface area contributed by atoms with Crippen LogP contribution < -0.4 is 15.8 Å². The second kappa shape index (κ2) is 5.90. The highest BCUT2D eigenvalue weighted by atomic mass is 16.5. The van der Waals surface area contributed by atoms with E-state index in [1.165, 1.54) is 0 Å². The van der Waals surface area contributed by atoms with Crippen molar-refractivity contribution in [1.82, 2.24) is 9.78 Å². The van der Waals surface area contributed by atoms with E-state index in [1.807, 2.05) is 37.5 Å². The number of aryl methyl sites for hydroxylation is 1. The van der Waals surface area contributed by atoms with Crippen LogP contribution in [0.15, 0.2) is 41.7 Å². The Morgan fingerprint density at radius 2 is 2.26 bits per heavy atom. The van der Waals surface area contributed by atoms with Gasteiger partial charge in [0.2, 0.25) is 0 Å². The molecule has 3 N–H and O–H groups in total. The van der Waals surface area contributed by atoms with Crippen LogP contribution in [0.3, 0.4) is 0 Å². The van der Waals surface area contributed by atoms with Crippen LogP contribution in [-0.4, -0.2) is 22.8 Å². The number of guanidine groups is 1. The number of para-hydroxylation sites is 2. The molecule has 6 heteroatoms. The molecule has 0 aliphatic rings. The highest BCUT2D eigenvalue weighted by molar-refractivity contribution is 5.93. The number of hydrogen-bond acceptors (Lipinski definition) is 3. The summed E-state index contributed by atoms with van der Waals surface area (Å²) in [6, 6.07) is 7.54. The van der Waals surface area contributed by atoms with Crippen molar-refractivity contribution < 1.29 is 4.74 Å². The minimum Gasteiger partial charge on any atom is -0.495 e. The van der Waals surface area contributed by atoms with E-state index in [9.17, 15) is 0 Å². The first-order valence-corrected chi connectivity index (χ1v) is 5.86. The molecule has 100 valence electrons. The van der Waals surface area contributed by atoms with Crippen molar-refractivity contribution in [1.29, 1.82) is 0 Å². The van der Waals surface area contributed by atoms with Crippen LogP contribution in [0.4, 0.5) is 5.69 Å². The van der Waals surface area contributed by atoms with Gasteiger partial charge in [0.05, 0.1) is 25.5 Å². The van der Waals surface area contributed by atoms with Crippen LogP contribution in [0.1, 0.15) is 5.56 Å². The van der Waals surface area contributed by atoms with Gasteiger partial charge in [0.1, 0.15) is 5.75 Å². The van der Waals surface area contributed by atoms with Crippen molar-refractivity contribution in [2.24, 2.45) is 17.8 Å². The van der Waals surface area contributed by atoms with E-state index < -0.39 is 0 Å². The second-order valence-corrected chi connectivity index (χ2v) is 4.05. The van der Waals surface area contributed by atoms with Crippen LogP contribution >= 0.6 is 0 Å². The zero-order chi connectivity index (χ0) is 13.7. The van der Waals surface area contributed by atoms with Crippen molar-refractivity contribution in [3.63, 3.8) is 0 Å². The summed E-state index contributed by atoms with van der Waals surface area (Å²) in [7, 11) is 3.48. The Morgan fingerprint density at radius 3 is 2.95 bits per heavy atom. The summed E-state index contributed by atoms with van der Waals surface area (Å²) in [5.74, 6) is 1.07. The van der Waals surface area contributed by atoms with E-state index in [4.69, 9.17) is 10.5 Å². The number of ether oxygens (including phenoxy) is 1. The Morgan fingerprint density at radius 1 is 1.47 bits per heavy atom. The number of aliphatic imine (C=N–C) groups is 1. The molecule has 0 aliphatic carbocycles.